The zero-order chi connectivity index (χ0) is 17.8. The highest BCUT2D eigenvalue weighted by molar-refractivity contribution is 5.59. The van der Waals surface area contributed by atoms with Crippen LogP contribution in [-0.2, 0) is 6.54 Å². The summed E-state index contributed by atoms with van der Waals surface area (Å²) in [4.78, 5) is 8.64. The number of pyridine rings is 1. The highest BCUT2D eigenvalue weighted by atomic mass is 16.3. The van der Waals surface area contributed by atoms with Crippen molar-refractivity contribution in [2.75, 3.05) is 6.54 Å². The molecule has 26 heavy (non-hydrogen) atoms. The van der Waals surface area contributed by atoms with Gasteiger partial charge in [-0.15, -0.1) is 0 Å². The monoisotopic (exact) mass is 349 g/mol. The number of nitrogens with zero attached hydrogens (tertiary/aromatic N) is 3. The van der Waals surface area contributed by atoms with E-state index in [4.69, 9.17) is 0 Å². The van der Waals surface area contributed by atoms with Crippen LogP contribution in [0.2, 0.25) is 0 Å². The molecule has 3 atom stereocenters. The summed E-state index contributed by atoms with van der Waals surface area (Å²) in [5.41, 5.74) is 3.32. The second-order valence-corrected chi connectivity index (χ2v) is 6.91. The van der Waals surface area contributed by atoms with Gasteiger partial charge in [0.2, 0.25) is 0 Å². The van der Waals surface area contributed by atoms with Gasteiger partial charge >= 0.3 is 0 Å². The summed E-state index contributed by atoms with van der Waals surface area (Å²) in [5.74, 6) is 1.39. The Morgan fingerprint density at radius 1 is 1.12 bits per heavy atom. The zero-order valence-electron chi connectivity index (χ0n) is 14.5. The molecule has 1 fully saturated rings. The Hall–Kier alpha value is -2.57. The summed E-state index contributed by atoms with van der Waals surface area (Å²) in [6.45, 7) is 1.57. The van der Waals surface area contributed by atoms with E-state index in [2.05, 4.69) is 49.7 Å². The first kappa shape index (κ1) is 16.9. The molecular formula is C20H23N5O. The number of aliphatic hydroxyl groups excluding tert-OH is 1. The highest BCUT2D eigenvalue weighted by Crippen LogP contribution is 2.36. The van der Waals surface area contributed by atoms with Gasteiger partial charge in [0.05, 0.1) is 11.8 Å². The molecule has 1 aromatic carbocycles. The lowest BCUT2D eigenvalue weighted by molar-refractivity contribution is 0.131. The van der Waals surface area contributed by atoms with Crippen molar-refractivity contribution in [1.82, 2.24) is 25.5 Å². The van der Waals surface area contributed by atoms with Crippen LogP contribution >= 0.6 is 0 Å². The quantitative estimate of drug-likeness (QED) is 0.636. The van der Waals surface area contributed by atoms with Gasteiger partial charge in [-0.25, -0.2) is 4.98 Å². The minimum atomic E-state index is -0.294. The van der Waals surface area contributed by atoms with Crippen molar-refractivity contribution in [2.24, 2.45) is 5.92 Å². The van der Waals surface area contributed by atoms with Crippen LogP contribution in [0.15, 0.2) is 55.0 Å². The molecule has 0 radical (unpaired) electrons. The molecule has 0 aliphatic heterocycles. The third-order valence-electron chi connectivity index (χ3n) is 5.10. The smallest absolute Gasteiger partial charge is 0.137 e. The number of hydrogen-bond donors (Lipinski definition) is 3. The van der Waals surface area contributed by atoms with E-state index in [1.807, 2.05) is 24.4 Å². The summed E-state index contributed by atoms with van der Waals surface area (Å²) in [7, 11) is 0. The lowest BCUT2D eigenvalue weighted by Gasteiger charge is -2.15. The van der Waals surface area contributed by atoms with E-state index in [9.17, 15) is 5.11 Å². The van der Waals surface area contributed by atoms with Crippen molar-refractivity contribution in [3.8, 4) is 11.3 Å². The Balaban J connectivity index is 1.32. The van der Waals surface area contributed by atoms with Gasteiger partial charge in [0.1, 0.15) is 12.2 Å². The number of hydrogen-bond acceptors (Lipinski definition) is 5. The van der Waals surface area contributed by atoms with Gasteiger partial charge in [0.15, 0.2) is 0 Å². The maximum atomic E-state index is 10.3. The van der Waals surface area contributed by atoms with Crippen LogP contribution in [0.3, 0.4) is 0 Å². The molecule has 3 aromatic rings. The third-order valence-corrected chi connectivity index (χ3v) is 5.10. The first-order chi connectivity index (χ1) is 12.8. The third kappa shape index (κ3) is 3.81. The fraction of sp³-hybridized carbons (Fsp3) is 0.350. The molecule has 0 amide bonds. The Kier molecular flexibility index (Phi) is 5.04. The van der Waals surface area contributed by atoms with Crippen molar-refractivity contribution >= 4 is 0 Å². The molecule has 0 spiro atoms. The number of aromatic amines is 1. The fourth-order valence-electron chi connectivity index (χ4n) is 3.73. The molecule has 0 bridgehead atoms. The van der Waals surface area contributed by atoms with Crippen molar-refractivity contribution < 1.29 is 5.11 Å². The lowest BCUT2D eigenvalue weighted by atomic mass is 10.0. The van der Waals surface area contributed by atoms with E-state index < -0.39 is 0 Å². The van der Waals surface area contributed by atoms with E-state index in [-0.39, 0.29) is 17.9 Å². The molecule has 2 aromatic heterocycles. The fourth-order valence-corrected chi connectivity index (χ4v) is 3.73. The second-order valence-electron chi connectivity index (χ2n) is 6.91. The number of benzene rings is 1. The van der Waals surface area contributed by atoms with Gasteiger partial charge in [-0.05, 0) is 42.5 Å². The number of rotatable bonds is 6. The lowest BCUT2D eigenvalue weighted by Crippen LogP contribution is -2.27. The molecule has 3 N–H and O–H groups in total. The van der Waals surface area contributed by atoms with Gasteiger partial charge in [-0.3, -0.25) is 10.1 Å². The molecule has 1 aliphatic rings. The molecule has 1 aliphatic carbocycles. The van der Waals surface area contributed by atoms with Crippen LogP contribution in [0.25, 0.3) is 11.3 Å². The topological polar surface area (TPSA) is 86.7 Å². The molecule has 0 saturated heterocycles. The Bertz CT molecular complexity index is 821. The Morgan fingerprint density at radius 3 is 2.88 bits per heavy atom. The van der Waals surface area contributed by atoms with Crippen molar-refractivity contribution in [1.29, 1.82) is 0 Å². The predicted octanol–water partition coefficient (Wildman–Crippen LogP) is 2.51. The van der Waals surface area contributed by atoms with Gasteiger partial charge in [-0.1, -0.05) is 24.3 Å². The van der Waals surface area contributed by atoms with Gasteiger partial charge in [-0.2, -0.15) is 5.10 Å². The average Bonchev–Trinajstić information content (AvgIpc) is 3.33. The predicted molar refractivity (Wildman–Crippen MR) is 99.2 cm³/mol. The van der Waals surface area contributed by atoms with Crippen LogP contribution in [0.4, 0.5) is 0 Å². The minimum Gasteiger partial charge on any atom is -0.393 e. The zero-order valence-corrected chi connectivity index (χ0v) is 14.5. The van der Waals surface area contributed by atoms with Crippen molar-refractivity contribution in [3.63, 3.8) is 0 Å². The largest absolute Gasteiger partial charge is 0.393 e. The molecule has 134 valence electrons. The summed E-state index contributed by atoms with van der Waals surface area (Å²) in [5, 5.41) is 20.7. The Labute approximate surface area is 152 Å². The molecule has 6 heteroatoms. The summed E-state index contributed by atoms with van der Waals surface area (Å²) in [6.07, 6.45) is 4.72. The Morgan fingerprint density at radius 2 is 2.08 bits per heavy atom. The highest BCUT2D eigenvalue weighted by Gasteiger charge is 2.34. The first-order valence-corrected chi connectivity index (χ1v) is 9.04. The maximum Gasteiger partial charge on any atom is 0.137 e. The van der Waals surface area contributed by atoms with E-state index in [0.29, 0.717) is 0 Å². The molecule has 1 unspecified atom stereocenters. The van der Waals surface area contributed by atoms with E-state index in [1.165, 1.54) is 11.9 Å². The van der Waals surface area contributed by atoms with Crippen LogP contribution in [0, 0.1) is 5.92 Å². The van der Waals surface area contributed by atoms with E-state index in [1.54, 1.807) is 0 Å². The number of aromatic nitrogens is 4. The first-order valence-electron chi connectivity index (χ1n) is 9.04. The average molecular weight is 349 g/mol. The van der Waals surface area contributed by atoms with E-state index in [0.717, 1.165) is 43.0 Å². The second kappa shape index (κ2) is 7.76. The van der Waals surface area contributed by atoms with Crippen LogP contribution in [0.1, 0.15) is 30.1 Å². The molecule has 6 nitrogen and oxygen atoms in total. The molecule has 2 heterocycles. The standard InChI is InChI=1S/C20H23N5O/c26-19-10-16(20-23-13-24-25-20)9-17(19)12-21-11-14-4-3-5-15(8-14)18-6-1-2-7-22-18/h1-8,13,16-17,19,21,26H,9-12H2,(H,23,24,25)/t16?,17-,19-/m1/s1. The number of H-pyrrole nitrogens is 1. The summed E-state index contributed by atoms with van der Waals surface area (Å²) < 4.78 is 0. The SMILES string of the molecule is O[C@@H]1CC(c2ncn[nH]2)C[C@@H]1CNCc1cccc(-c2ccccn2)c1. The summed E-state index contributed by atoms with van der Waals surface area (Å²) in [6, 6.07) is 14.4. The van der Waals surface area contributed by atoms with Crippen LogP contribution < -0.4 is 5.32 Å². The van der Waals surface area contributed by atoms with Gasteiger partial charge in [0.25, 0.3) is 0 Å². The van der Waals surface area contributed by atoms with Gasteiger partial charge in [0, 0.05) is 30.8 Å². The maximum absolute atomic E-state index is 10.3. The van der Waals surface area contributed by atoms with Crippen LogP contribution in [0.5, 0.6) is 0 Å². The molecule has 1 saturated carbocycles. The van der Waals surface area contributed by atoms with Crippen molar-refractivity contribution in [3.05, 3.63) is 66.4 Å². The normalized spacial score (nSPS) is 22.6. The molecule has 4 rings (SSSR count). The van der Waals surface area contributed by atoms with Gasteiger partial charge < -0.3 is 10.4 Å². The van der Waals surface area contributed by atoms with E-state index >= 15 is 0 Å². The summed E-state index contributed by atoms with van der Waals surface area (Å²) >= 11 is 0. The number of nitrogens with one attached hydrogen (secondary N) is 2. The molecular weight excluding hydrogens is 326 g/mol. The number of aliphatic hydroxyl groups is 1. The van der Waals surface area contributed by atoms with Crippen molar-refractivity contribution in [2.45, 2.75) is 31.4 Å². The van der Waals surface area contributed by atoms with Crippen LogP contribution in [-0.4, -0.2) is 37.9 Å². The minimum absolute atomic E-state index is 0.240.